The van der Waals surface area contributed by atoms with E-state index in [1.807, 2.05) is 0 Å². The number of piperazine rings is 2. The van der Waals surface area contributed by atoms with Crippen LogP contribution in [0.2, 0.25) is 0 Å². The predicted octanol–water partition coefficient (Wildman–Crippen LogP) is 11.9. The van der Waals surface area contributed by atoms with E-state index >= 15 is 0 Å². The van der Waals surface area contributed by atoms with Crippen LogP contribution in [-0.4, -0.2) is 123 Å². The van der Waals surface area contributed by atoms with Crippen molar-refractivity contribution in [3.8, 4) is 11.5 Å². The Morgan fingerprint density at radius 3 is 1.42 bits per heavy atom. The number of hydrogen-bond acceptors (Lipinski definition) is 8. The molecule has 4 atom stereocenters. The molecule has 0 saturated carbocycles. The number of nitrogens with zero attached hydrogens (tertiary/aromatic N) is 4. The molecule has 0 bridgehead atoms. The molecule has 4 aromatic rings. The zero-order valence-corrected chi connectivity index (χ0v) is 44.0. The number of rotatable bonds is 16. The summed E-state index contributed by atoms with van der Waals surface area (Å²) in [5.41, 5.74) is 6.67. The van der Waals surface area contributed by atoms with Crippen molar-refractivity contribution in [1.82, 2.24) is 24.9 Å². The van der Waals surface area contributed by atoms with Gasteiger partial charge in [0.15, 0.2) is 0 Å². The molecule has 1 N–H and O–H groups in total. The van der Waals surface area contributed by atoms with Gasteiger partial charge in [-0.15, -0.1) is 0 Å². The maximum absolute atomic E-state index is 13.1. The Balaban J connectivity index is 0.000000219. The van der Waals surface area contributed by atoms with Crippen LogP contribution in [0, 0.1) is 27.7 Å². The molecule has 4 aliphatic heterocycles. The van der Waals surface area contributed by atoms with E-state index in [2.05, 4.69) is 74.0 Å². The van der Waals surface area contributed by atoms with Crippen molar-refractivity contribution >= 4 is 11.8 Å². The lowest BCUT2D eigenvalue weighted by atomic mass is 9.86. The average molecular weight is 1040 g/mol. The molecule has 4 saturated heterocycles. The van der Waals surface area contributed by atoms with E-state index in [1.54, 1.807) is 16.9 Å². The van der Waals surface area contributed by atoms with E-state index in [9.17, 15) is 35.9 Å². The first-order valence-electron chi connectivity index (χ1n) is 26.5. The first-order chi connectivity index (χ1) is 35.4. The topological polar surface area (TPSA) is 86.8 Å². The average Bonchev–Trinajstić information content (AvgIpc) is 3.39. The normalized spacial score (nSPS) is 20.5. The van der Waals surface area contributed by atoms with Gasteiger partial charge >= 0.3 is 12.4 Å². The molecular weight excluding hydrogens is 961 g/mol. The number of piperidine rings is 2. The standard InChI is InChI=1S/C31H42F3N3O3.C27H33F3N2O2/c1-22-23(2)29(40-19-5-4-15-35-16-20-39-3)14-13-27(22)28-8-6-7-26-21-36(17-18-37(26)28)30(38)24-9-11-25(12-10-24)31(32,33)34;1-4-16-34-25-13-12-23(18(2)19(25)3)24-7-5-6-22-17-31(14-15-32(22)24)26(33)20-8-10-21(11-9-20)27(28,29)30/h9-14,26,28,35H,4-8,15-21H2,1-3H3;8-13,22,24H,4-7,14-17H2,1-3H3/t26-,28?;22-,24?/m00/s1. The van der Waals surface area contributed by atoms with Gasteiger partial charge in [0.2, 0.25) is 0 Å². The molecule has 4 heterocycles. The number of fused-ring (bicyclic) bond motifs is 2. The number of alkyl halides is 6. The molecule has 2 amide bonds. The van der Waals surface area contributed by atoms with Gasteiger partial charge in [0, 0.05) is 88.2 Å². The summed E-state index contributed by atoms with van der Waals surface area (Å²) in [6.45, 7) is 18.4. The van der Waals surface area contributed by atoms with Gasteiger partial charge in [-0.25, -0.2) is 0 Å². The highest BCUT2D eigenvalue weighted by Crippen LogP contribution is 2.42. The summed E-state index contributed by atoms with van der Waals surface area (Å²) in [6, 6.07) is 18.8. The van der Waals surface area contributed by atoms with Crippen molar-refractivity contribution < 1.29 is 50.1 Å². The monoisotopic (exact) mass is 1040 g/mol. The van der Waals surface area contributed by atoms with Crippen LogP contribution in [0.1, 0.15) is 142 Å². The zero-order chi connectivity index (χ0) is 53.2. The number of benzene rings is 4. The molecule has 4 aromatic carbocycles. The number of halogens is 6. The minimum atomic E-state index is -4.41. The van der Waals surface area contributed by atoms with Crippen LogP contribution in [0.3, 0.4) is 0 Å². The third-order valence-corrected chi connectivity index (χ3v) is 15.6. The lowest BCUT2D eigenvalue weighted by molar-refractivity contribution is -0.138. The minimum absolute atomic E-state index is 0.194. The fourth-order valence-corrected chi connectivity index (χ4v) is 11.2. The number of amides is 2. The summed E-state index contributed by atoms with van der Waals surface area (Å²) < 4.78 is 94.4. The second kappa shape index (κ2) is 25.6. The number of nitrogens with one attached hydrogen (secondary N) is 1. The van der Waals surface area contributed by atoms with Gasteiger partial charge in [0.05, 0.1) is 30.9 Å². The van der Waals surface area contributed by atoms with Crippen molar-refractivity contribution in [2.45, 2.75) is 129 Å². The van der Waals surface area contributed by atoms with Crippen molar-refractivity contribution in [3.05, 3.63) is 128 Å². The van der Waals surface area contributed by atoms with E-state index in [4.69, 9.17) is 14.2 Å². The van der Waals surface area contributed by atoms with Crippen LogP contribution in [0.15, 0.2) is 72.8 Å². The highest BCUT2D eigenvalue weighted by atomic mass is 19.4. The fourth-order valence-electron chi connectivity index (χ4n) is 11.2. The van der Waals surface area contributed by atoms with Gasteiger partial charge in [0.1, 0.15) is 11.5 Å². The SMILES string of the molecule is CCCOc1ccc(C2CCC[C@H]3CN(C(=O)c4ccc(C(F)(F)F)cc4)CCN23)c(C)c1C.COCCNCCCCOc1ccc(C2CCC[C@H]3CN(C(=O)c4ccc(C(F)(F)F)cc4)CCN23)c(C)c1C. The van der Waals surface area contributed by atoms with Crippen LogP contribution in [-0.2, 0) is 17.1 Å². The van der Waals surface area contributed by atoms with Gasteiger partial charge in [-0.2, -0.15) is 26.3 Å². The molecule has 10 nitrogen and oxygen atoms in total. The molecule has 404 valence electrons. The summed E-state index contributed by atoms with van der Waals surface area (Å²) in [5.74, 6) is 1.49. The van der Waals surface area contributed by atoms with Gasteiger partial charge in [-0.05, 0) is 186 Å². The summed E-state index contributed by atoms with van der Waals surface area (Å²) in [6.07, 6.45) is 0.531. The fraction of sp³-hybridized carbons (Fsp3) is 0.552. The number of ether oxygens (including phenoxy) is 3. The summed E-state index contributed by atoms with van der Waals surface area (Å²) in [5, 5.41) is 3.35. The van der Waals surface area contributed by atoms with Crippen molar-refractivity contribution in [3.63, 3.8) is 0 Å². The Bertz CT molecular complexity index is 2480. The van der Waals surface area contributed by atoms with Gasteiger partial charge in [-0.3, -0.25) is 19.4 Å². The highest BCUT2D eigenvalue weighted by molar-refractivity contribution is 5.95. The van der Waals surface area contributed by atoms with E-state index in [0.29, 0.717) is 56.6 Å². The number of unbranched alkanes of at least 4 members (excludes halogenated alkanes) is 1. The molecule has 0 aliphatic carbocycles. The molecule has 74 heavy (non-hydrogen) atoms. The van der Waals surface area contributed by atoms with E-state index in [-0.39, 0.29) is 29.9 Å². The Morgan fingerprint density at radius 1 is 0.554 bits per heavy atom. The van der Waals surface area contributed by atoms with E-state index < -0.39 is 23.5 Å². The van der Waals surface area contributed by atoms with Crippen LogP contribution in [0.5, 0.6) is 11.5 Å². The molecule has 4 aliphatic rings. The molecule has 0 spiro atoms. The smallest absolute Gasteiger partial charge is 0.416 e. The number of methoxy groups -OCH3 is 1. The molecule has 16 heteroatoms. The molecule has 0 aromatic heterocycles. The second-order valence-corrected chi connectivity index (χ2v) is 20.3. The van der Waals surface area contributed by atoms with Crippen molar-refractivity contribution in [2.24, 2.45) is 0 Å². The lowest BCUT2D eigenvalue weighted by Crippen LogP contribution is -2.57. The molecule has 8 rings (SSSR count). The zero-order valence-electron chi connectivity index (χ0n) is 44.0. The Kier molecular flexibility index (Phi) is 19.6. The predicted molar refractivity (Wildman–Crippen MR) is 276 cm³/mol. The minimum Gasteiger partial charge on any atom is -0.493 e. The highest BCUT2D eigenvalue weighted by Gasteiger charge is 2.40. The van der Waals surface area contributed by atoms with Crippen LogP contribution in [0.4, 0.5) is 26.3 Å². The molecule has 0 radical (unpaired) electrons. The maximum Gasteiger partial charge on any atom is 0.416 e. The first kappa shape index (κ1) is 56.6. The number of carbonyl (C=O) groups is 2. The van der Waals surface area contributed by atoms with Gasteiger partial charge < -0.3 is 29.3 Å². The summed E-state index contributed by atoms with van der Waals surface area (Å²) in [7, 11) is 1.70. The summed E-state index contributed by atoms with van der Waals surface area (Å²) in [4.78, 5) is 34.8. The third kappa shape index (κ3) is 13.8. The second-order valence-electron chi connectivity index (χ2n) is 20.3. The Labute approximate surface area is 433 Å². The van der Waals surface area contributed by atoms with E-state index in [0.717, 1.165) is 126 Å². The Morgan fingerprint density at radius 2 is 1.00 bits per heavy atom. The molecular formula is C58H75F6N5O5. The number of carbonyl (C=O) groups excluding carboxylic acids is 2. The Hall–Kier alpha value is -5.16. The summed E-state index contributed by atoms with van der Waals surface area (Å²) >= 11 is 0. The van der Waals surface area contributed by atoms with Crippen molar-refractivity contribution in [1.29, 1.82) is 0 Å². The molecule has 4 fully saturated rings. The maximum atomic E-state index is 13.1. The lowest BCUT2D eigenvalue weighted by Gasteiger charge is -2.49. The molecule has 2 unspecified atom stereocenters. The largest absolute Gasteiger partial charge is 0.493 e. The first-order valence-corrected chi connectivity index (χ1v) is 26.5. The van der Waals surface area contributed by atoms with E-state index in [1.165, 1.54) is 57.6 Å². The van der Waals surface area contributed by atoms with Crippen LogP contribution in [0.25, 0.3) is 0 Å². The van der Waals surface area contributed by atoms with Crippen LogP contribution < -0.4 is 14.8 Å². The van der Waals surface area contributed by atoms with Crippen LogP contribution >= 0.6 is 0 Å². The van der Waals surface area contributed by atoms with Crippen molar-refractivity contribution in [2.75, 3.05) is 79.3 Å². The van der Waals surface area contributed by atoms with Gasteiger partial charge in [-0.1, -0.05) is 19.1 Å². The quantitative estimate of drug-likeness (QED) is 0.0877. The number of hydrogen-bond donors (Lipinski definition) is 1. The van der Waals surface area contributed by atoms with Gasteiger partial charge in [0.25, 0.3) is 11.8 Å². The third-order valence-electron chi connectivity index (χ3n) is 15.6.